The molecule has 0 aromatic heterocycles. The second-order valence-corrected chi connectivity index (χ2v) is 7.68. The van der Waals surface area contributed by atoms with Crippen molar-refractivity contribution in [1.82, 2.24) is 0 Å². The van der Waals surface area contributed by atoms with Crippen molar-refractivity contribution in [2.45, 2.75) is 50.5 Å². The number of nitrogens with zero attached hydrogens (tertiary/aromatic N) is 1. The van der Waals surface area contributed by atoms with Crippen molar-refractivity contribution >= 4 is 5.71 Å². The fourth-order valence-corrected chi connectivity index (χ4v) is 3.76. The highest BCUT2D eigenvalue weighted by molar-refractivity contribution is 5.98. The number of hydrogen-bond donors (Lipinski definition) is 2. The molecule has 0 aliphatic heterocycles. The van der Waals surface area contributed by atoms with Crippen LogP contribution in [0.15, 0.2) is 59.8 Å². The van der Waals surface area contributed by atoms with Gasteiger partial charge in [0.25, 0.3) is 0 Å². The fourth-order valence-electron chi connectivity index (χ4n) is 3.76. The molecule has 0 radical (unpaired) electrons. The first kappa shape index (κ1) is 19.6. The van der Waals surface area contributed by atoms with Gasteiger partial charge in [-0.25, -0.2) is 0 Å². The van der Waals surface area contributed by atoms with Crippen molar-refractivity contribution in [3.63, 3.8) is 0 Å². The molecule has 1 aliphatic rings. The zero-order valence-electron chi connectivity index (χ0n) is 16.1. The van der Waals surface area contributed by atoms with E-state index in [1.807, 2.05) is 13.0 Å². The van der Waals surface area contributed by atoms with Gasteiger partial charge in [0.05, 0.1) is 12.3 Å². The van der Waals surface area contributed by atoms with Crippen molar-refractivity contribution in [3.05, 3.63) is 71.3 Å². The molecule has 1 fully saturated rings. The van der Waals surface area contributed by atoms with E-state index in [4.69, 9.17) is 10.6 Å². The first-order valence-corrected chi connectivity index (χ1v) is 9.80. The van der Waals surface area contributed by atoms with Crippen LogP contribution in [0.25, 0.3) is 0 Å². The van der Waals surface area contributed by atoms with Crippen molar-refractivity contribution in [2.75, 3.05) is 13.2 Å². The Hall–Kier alpha value is -2.17. The number of benzene rings is 2. The molecule has 3 N–H and O–H groups in total. The van der Waals surface area contributed by atoms with E-state index in [-0.39, 0.29) is 6.61 Å². The SMILES string of the molecule is CC(=NOCCCc1ccccc1)c1ccc([C@@H]2CC[C@](N)(CO)C2)cc1. The summed E-state index contributed by atoms with van der Waals surface area (Å²) in [5.41, 5.74) is 10.4. The summed E-state index contributed by atoms with van der Waals surface area (Å²) in [6.45, 7) is 2.65. The van der Waals surface area contributed by atoms with E-state index in [1.54, 1.807) is 0 Å². The summed E-state index contributed by atoms with van der Waals surface area (Å²) in [7, 11) is 0. The van der Waals surface area contributed by atoms with Gasteiger partial charge in [-0.1, -0.05) is 59.8 Å². The molecule has 1 aliphatic carbocycles. The molecule has 0 unspecified atom stereocenters. The van der Waals surface area contributed by atoms with Crippen LogP contribution in [0.5, 0.6) is 0 Å². The fraction of sp³-hybridized carbons (Fsp3) is 0.435. The minimum absolute atomic E-state index is 0.0644. The quantitative estimate of drug-likeness (QED) is 0.421. The molecule has 3 rings (SSSR count). The number of hydrogen-bond acceptors (Lipinski definition) is 4. The van der Waals surface area contributed by atoms with Gasteiger partial charge in [-0.05, 0) is 61.6 Å². The predicted octanol–water partition coefficient (Wildman–Crippen LogP) is 4.02. The van der Waals surface area contributed by atoms with Gasteiger partial charge in [-0.2, -0.15) is 0 Å². The number of nitrogens with two attached hydrogens (primary N) is 1. The topological polar surface area (TPSA) is 67.8 Å². The maximum absolute atomic E-state index is 9.44. The lowest BCUT2D eigenvalue weighted by Gasteiger charge is -2.20. The highest BCUT2D eigenvalue weighted by atomic mass is 16.6. The Morgan fingerprint density at radius 1 is 1.19 bits per heavy atom. The zero-order valence-corrected chi connectivity index (χ0v) is 16.1. The minimum Gasteiger partial charge on any atom is -0.396 e. The van der Waals surface area contributed by atoms with Crippen LogP contribution in [0.2, 0.25) is 0 Å². The zero-order chi connectivity index (χ0) is 19.1. The van der Waals surface area contributed by atoms with Crippen molar-refractivity contribution < 1.29 is 9.94 Å². The first-order chi connectivity index (χ1) is 13.1. The Morgan fingerprint density at radius 3 is 2.59 bits per heavy atom. The van der Waals surface area contributed by atoms with Gasteiger partial charge in [0.1, 0.15) is 6.61 Å². The number of aryl methyl sites for hydroxylation is 1. The van der Waals surface area contributed by atoms with E-state index in [0.717, 1.165) is 43.4 Å². The van der Waals surface area contributed by atoms with Crippen molar-refractivity contribution in [2.24, 2.45) is 10.9 Å². The van der Waals surface area contributed by atoms with E-state index >= 15 is 0 Å². The molecule has 2 aromatic carbocycles. The van der Waals surface area contributed by atoms with Crippen LogP contribution in [0, 0.1) is 0 Å². The lowest BCUT2D eigenvalue weighted by Crippen LogP contribution is -2.40. The van der Waals surface area contributed by atoms with Gasteiger partial charge in [0, 0.05) is 5.54 Å². The molecule has 4 nitrogen and oxygen atoms in total. The average molecular weight is 367 g/mol. The van der Waals surface area contributed by atoms with Gasteiger partial charge in [-0.15, -0.1) is 0 Å². The van der Waals surface area contributed by atoms with Crippen LogP contribution in [0.4, 0.5) is 0 Å². The van der Waals surface area contributed by atoms with Gasteiger partial charge < -0.3 is 15.7 Å². The normalized spacial score (nSPS) is 22.8. The minimum atomic E-state index is -0.408. The summed E-state index contributed by atoms with van der Waals surface area (Å²) < 4.78 is 0. The number of aliphatic hydroxyl groups excluding tert-OH is 1. The Balaban J connectivity index is 1.47. The molecule has 0 saturated heterocycles. The van der Waals surface area contributed by atoms with E-state index < -0.39 is 5.54 Å². The third-order valence-corrected chi connectivity index (χ3v) is 5.50. The van der Waals surface area contributed by atoms with Crippen LogP contribution >= 0.6 is 0 Å². The van der Waals surface area contributed by atoms with Gasteiger partial charge in [-0.3, -0.25) is 0 Å². The Bertz CT molecular complexity index is 743. The molecule has 27 heavy (non-hydrogen) atoms. The van der Waals surface area contributed by atoms with Crippen LogP contribution in [0.1, 0.15) is 55.2 Å². The highest BCUT2D eigenvalue weighted by Crippen LogP contribution is 2.39. The highest BCUT2D eigenvalue weighted by Gasteiger charge is 2.35. The van der Waals surface area contributed by atoms with Crippen LogP contribution in [-0.2, 0) is 11.3 Å². The molecule has 2 atom stereocenters. The molecule has 144 valence electrons. The second kappa shape index (κ2) is 9.16. The smallest absolute Gasteiger partial charge is 0.117 e. The molecular formula is C23H30N2O2. The summed E-state index contributed by atoms with van der Waals surface area (Å²) in [5.74, 6) is 0.433. The lowest BCUT2D eigenvalue weighted by molar-refractivity contribution is 0.142. The van der Waals surface area contributed by atoms with E-state index in [0.29, 0.717) is 12.5 Å². The second-order valence-electron chi connectivity index (χ2n) is 7.68. The van der Waals surface area contributed by atoms with E-state index in [9.17, 15) is 5.11 Å². The number of rotatable bonds is 8. The molecule has 0 heterocycles. The van der Waals surface area contributed by atoms with Crippen molar-refractivity contribution in [1.29, 1.82) is 0 Å². The summed E-state index contributed by atoms with van der Waals surface area (Å²) in [6, 6.07) is 18.9. The van der Waals surface area contributed by atoms with Gasteiger partial charge in [0.15, 0.2) is 0 Å². The largest absolute Gasteiger partial charge is 0.396 e. The number of aliphatic hydroxyl groups is 1. The standard InChI is InChI=1S/C23H30N2O2/c1-18(25-27-15-5-8-19-6-3-2-4-7-19)20-9-11-21(12-10-20)22-13-14-23(24,16-22)17-26/h2-4,6-7,9-12,22,26H,5,8,13-17,24H2,1H3/t22-,23-/m1/s1. The third kappa shape index (κ3) is 5.41. The molecular weight excluding hydrogens is 336 g/mol. The van der Waals surface area contributed by atoms with Crippen molar-refractivity contribution in [3.8, 4) is 0 Å². The Kier molecular flexibility index (Phi) is 6.64. The van der Waals surface area contributed by atoms with E-state index in [1.165, 1.54) is 11.1 Å². The monoisotopic (exact) mass is 366 g/mol. The van der Waals surface area contributed by atoms with Gasteiger partial charge in [0.2, 0.25) is 0 Å². The Morgan fingerprint density at radius 2 is 1.93 bits per heavy atom. The molecule has 4 heteroatoms. The molecule has 1 saturated carbocycles. The molecule has 0 spiro atoms. The molecule has 0 amide bonds. The summed E-state index contributed by atoms with van der Waals surface area (Å²) in [5, 5.41) is 13.7. The summed E-state index contributed by atoms with van der Waals surface area (Å²) in [4.78, 5) is 5.49. The maximum atomic E-state index is 9.44. The average Bonchev–Trinajstić information content (AvgIpc) is 3.11. The van der Waals surface area contributed by atoms with Crippen LogP contribution in [-0.4, -0.2) is 29.6 Å². The Labute approximate surface area is 162 Å². The lowest BCUT2D eigenvalue weighted by atomic mass is 9.93. The summed E-state index contributed by atoms with van der Waals surface area (Å²) in [6.07, 6.45) is 4.72. The molecule has 2 aromatic rings. The summed E-state index contributed by atoms with van der Waals surface area (Å²) >= 11 is 0. The van der Waals surface area contributed by atoms with Crippen LogP contribution < -0.4 is 5.73 Å². The molecule has 0 bridgehead atoms. The first-order valence-electron chi connectivity index (χ1n) is 9.80. The third-order valence-electron chi connectivity index (χ3n) is 5.50. The van der Waals surface area contributed by atoms with E-state index in [2.05, 4.69) is 53.7 Å². The van der Waals surface area contributed by atoms with Gasteiger partial charge >= 0.3 is 0 Å². The number of oxime groups is 1. The van der Waals surface area contributed by atoms with Crippen LogP contribution in [0.3, 0.4) is 0 Å². The predicted molar refractivity (Wildman–Crippen MR) is 110 cm³/mol. The maximum Gasteiger partial charge on any atom is 0.117 e.